The Morgan fingerprint density at radius 3 is 2.48 bits per heavy atom. The van der Waals surface area contributed by atoms with Crippen LogP contribution in [-0.2, 0) is 0 Å². The number of Topliss-reactive ketones (excluding diaryl/α,β-unsaturated/α-hetero) is 1. The number of methoxy groups -OCH3 is 1. The quantitative estimate of drug-likeness (QED) is 0.721. The Balaban J connectivity index is 2.02. The van der Waals surface area contributed by atoms with Gasteiger partial charge in [-0.1, -0.05) is 0 Å². The van der Waals surface area contributed by atoms with Crippen molar-refractivity contribution in [3.05, 3.63) is 59.8 Å². The summed E-state index contributed by atoms with van der Waals surface area (Å²) in [6, 6.07) is 15.3. The molecule has 2 aromatic carbocycles. The van der Waals surface area contributed by atoms with Crippen molar-refractivity contribution < 1.29 is 9.53 Å². The van der Waals surface area contributed by atoms with Gasteiger partial charge in [-0.05, 0) is 62.4 Å². The molecule has 0 amide bonds. The van der Waals surface area contributed by atoms with Gasteiger partial charge in [-0.3, -0.25) is 9.78 Å². The van der Waals surface area contributed by atoms with Gasteiger partial charge in [0, 0.05) is 28.0 Å². The van der Waals surface area contributed by atoms with Crippen LogP contribution in [-0.4, -0.2) is 17.9 Å². The third kappa shape index (κ3) is 3.16. The lowest BCUT2D eigenvalue weighted by molar-refractivity contribution is 0.101. The smallest absolute Gasteiger partial charge is 0.159 e. The second kappa shape index (κ2) is 6.08. The van der Waals surface area contributed by atoms with Crippen molar-refractivity contribution in [3.8, 4) is 5.75 Å². The van der Waals surface area contributed by atoms with Gasteiger partial charge in [0.15, 0.2) is 5.78 Å². The van der Waals surface area contributed by atoms with E-state index >= 15 is 0 Å². The summed E-state index contributed by atoms with van der Waals surface area (Å²) in [5, 5.41) is 4.39. The van der Waals surface area contributed by atoms with Crippen molar-refractivity contribution in [1.29, 1.82) is 0 Å². The summed E-state index contributed by atoms with van der Waals surface area (Å²) in [6.45, 7) is 3.53. The normalized spacial score (nSPS) is 10.6. The monoisotopic (exact) mass is 306 g/mol. The van der Waals surface area contributed by atoms with Crippen molar-refractivity contribution in [1.82, 2.24) is 4.98 Å². The molecule has 3 aromatic rings. The first-order valence-corrected chi connectivity index (χ1v) is 7.40. The molecule has 0 radical (unpaired) electrons. The Labute approximate surface area is 135 Å². The molecule has 0 aliphatic heterocycles. The first-order valence-electron chi connectivity index (χ1n) is 7.40. The lowest BCUT2D eigenvalue weighted by atomic mass is 10.1. The fraction of sp³-hybridized carbons (Fsp3) is 0.158. The maximum absolute atomic E-state index is 11.4. The minimum atomic E-state index is 0.0616. The molecule has 4 nitrogen and oxygen atoms in total. The van der Waals surface area contributed by atoms with Crippen LogP contribution in [0.25, 0.3) is 10.9 Å². The molecular weight excluding hydrogens is 288 g/mol. The van der Waals surface area contributed by atoms with Gasteiger partial charge < -0.3 is 10.1 Å². The van der Waals surface area contributed by atoms with Gasteiger partial charge in [0.1, 0.15) is 5.75 Å². The Morgan fingerprint density at radius 1 is 1.09 bits per heavy atom. The van der Waals surface area contributed by atoms with Gasteiger partial charge in [0.2, 0.25) is 0 Å². The molecule has 1 aromatic heterocycles. The van der Waals surface area contributed by atoms with E-state index in [0.29, 0.717) is 5.56 Å². The predicted octanol–water partition coefficient (Wildman–Crippen LogP) is 4.50. The molecule has 0 bridgehead atoms. The number of ether oxygens (including phenoxy) is 1. The molecule has 116 valence electrons. The Kier molecular flexibility index (Phi) is 3.98. The number of nitrogens with one attached hydrogen (secondary N) is 1. The molecule has 23 heavy (non-hydrogen) atoms. The van der Waals surface area contributed by atoms with E-state index in [2.05, 4.69) is 10.3 Å². The Bertz CT molecular complexity index is 870. The number of anilines is 2. The predicted molar refractivity (Wildman–Crippen MR) is 92.8 cm³/mol. The van der Waals surface area contributed by atoms with Gasteiger partial charge in [-0.15, -0.1) is 0 Å². The molecule has 3 rings (SSSR count). The van der Waals surface area contributed by atoms with Crippen LogP contribution < -0.4 is 10.1 Å². The third-order valence-corrected chi connectivity index (χ3v) is 3.71. The number of aryl methyl sites for hydroxylation is 1. The van der Waals surface area contributed by atoms with Crippen LogP contribution in [0.1, 0.15) is 23.0 Å². The number of hydrogen-bond acceptors (Lipinski definition) is 4. The maximum atomic E-state index is 11.4. The van der Waals surface area contributed by atoms with Crippen LogP contribution in [0.3, 0.4) is 0 Å². The molecule has 0 aliphatic carbocycles. The van der Waals surface area contributed by atoms with Gasteiger partial charge in [0.25, 0.3) is 0 Å². The minimum Gasteiger partial charge on any atom is -0.497 e. The molecule has 4 heteroatoms. The van der Waals surface area contributed by atoms with E-state index < -0.39 is 0 Å². The van der Waals surface area contributed by atoms with Crippen molar-refractivity contribution in [2.24, 2.45) is 0 Å². The number of benzene rings is 2. The zero-order valence-corrected chi connectivity index (χ0v) is 13.4. The highest BCUT2D eigenvalue weighted by atomic mass is 16.5. The summed E-state index contributed by atoms with van der Waals surface area (Å²) in [4.78, 5) is 15.9. The largest absolute Gasteiger partial charge is 0.497 e. The fourth-order valence-corrected chi connectivity index (χ4v) is 2.51. The fourth-order valence-electron chi connectivity index (χ4n) is 2.51. The number of pyridine rings is 1. The molecule has 1 heterocycles. The van der Waals surface area contributed by atoms with Crippen LogP contribution in [0, 0.1) is 6.92 Å². The molecule has 0 aliphatic rings. The van der Waals surface area contributed by atoms with Crippen molar-refractivity contribution in [3.63, 3.8) is 0 Å². The lowest BCUT2D eigenvalue weighted by Gasteiger charge is -2.12. The average Bonchev–Trinajstić information content (AvgIpc) is 2.55. The van der Waals surface area contributed by atoms with Gasteiger partial charge in [-0.25, -0.2) is 0 Å². The summed E-state index contributed by atoms with van der Waals surface area (Å²) < 4.78 is 5.31. The van der Waals surface area contributed by atoms with Gasteiger partial charge in [-0.2, -0.15) is 0 Å². The summed E-state index contributed by atoms with van der Waals surface area (Å²) in [6.07, 6.45) is 0. The van der Waals surface area contributed by atoms with E-state index in [0.717, 1.165) is 33.7 Å². The zero-order valence-electron chi connectivity index (χ0n) is 13.4. The Hall–Kier alpha value is -2.88. The maximum Gasteiger partial charge on any atom is 0.159 e. The Morgan fingerprint density at radius 2 is 1.83 bits per heavy atom. The van der Waals surface area contributed by atoms with Crippen LogP contribution in [0.2, 0.25) is 0 Å². The van der Waals surface area contributed by atoms with Crippen molar-refractivity contribution >= 4 is 28.1 Å². The van der Waals surface area contributed by atoms with E-state index in [1.165, 1.54) is 0 Å². The first kappa shape index (κ1) is 15.0. The molecule has 0 fully saturated rings. The average molecular weight is 306 g/mol. The highest BCUT2D eigenvalue weighted by Gasteiger charge is 2.07. The van der Waals surface area contributed by atoms with Crippen molar-refractivity contribution in [2.45, 2.75) is 13.8 Å². The number of carbonyl (C=O) groups is 1. The van der Waals surface area contributed by atoms with Crippen LogP contribution in [0.4, 0.5) is 11.4 Å². The SMILES string of the molecule is COc1ccc2nc(C)cc(Nc3ccc(C(C)=O)cc3)c2c1. The van der Waals surface area contributed by atoms with E-state index in [9.17, 15) is 4.79 Å². The van der Waals surface area contributed by atoms with Crippen LogP contribution in [0.15, 0.2) is 48.5 Å². The summed E-state index contributed by atoms with van der Waals surface area (Å²) in [5.74, 6) is 0.852. The van der Waals surface area contributed by atoms with E-state index in [4.69, 9.17) is 4.74 Å². The van der Waals surface area contributed by atoms with Gasteiger partial charge in [0.05, 0.1) is 12.6 Å². The van der Waals surface area contributed by atoms with Crippen LogP contribution in [0.5, 0.6) is 5.75 Å². The number of hydrogen-bond donors (Lipinski definition) is 1. The highest BCUT2D eigenvalue weighted by molar-refractivity contribution is 5.96. The number of fused-ring (bicyclic) bond motifs is 1. The van der Waals surface area contributed by atoms with E-state index in [-0.39, 0.29) is 5.78 Å². The van der Waals surface area contributed by atoms with Gasteiger partial charge >= 0.3 is 0 Å². The molecule has 0 atom stereocenters. The second-order valence-corrected chi connectivity index (χ2v) is 5.45. The van der Waals surface area contributed by atoms with E-state index in [1.54, 1.807) is 14.0 Å². The summed E-state index contributed by atoms with van der Waals surface area (Å²) >= 11 is 0. The molecule has 0 unspecified atom stereocenters. The molecule has 0 saturated carbocycles. The number of nitrogens with zero attached hydrogens (tertiary/aromatic N) is 1. The number of ketones is 1. The zero-order chi connectivity index (χ0) is 16.4. The topological polar surface area (TPSA) is 51.2 Å². The van der Waals surface area contributed by atoms with E-state index in [1.807, 2.05) is 55.5 Å². The summed E-state index contributed by atoms with van der Waals surface area (Å²) in [5.41, 5.74) is 4.43. The molecule has 0 saturated heterocycles. The highest BCUT2D eigenvalue weighted by Crippen LogP contribution is 2.29. The summed E-state index contributed by atoms with van der Waals surface area (Å²) in [7, 11) is 1.65. The standard InChI is InChI=1S/C19H18N2O2/c1-12-10-19(17-11-16(23-3)8-9-18(17)20-12)21-15-6-4-14(5-7-15)13(2)22/h4-11H,1-3H3,(H,20,21). The number of carbonyl (C=O) groups excluding carboxylic acids is 1. The second-order valence-electron chi connectivity index (χ2n) is 5.45. The molecule has 1 N–H and O–H groups in total. The third-order valence-electron chi connectivity index (χ3n) is 3.71. The minimum absolute atomic E-state index is 0.0616. The first-order chi connectivity index (χ1) is 11.1. The van der Waals surface area contributed by atoms with Crippen molar-refractivity contribution in [2.75, 3.05) is 12.4 Å². The van der Waals surface area contributed by atoms with Crippen LogP contribution >= 0.6 is 0 Å². The molecular formula is C19H18N2O2. The lowest BCUT2D eigenvalue weighted by Crippen LogP contribution is -1.97. The molecule has 0 spiro atoms. The number of rotatable bonds is 4. The number of aromatic nitrogens is 1.